The largest absolute Gasteiger partial charge is 0.379 e. The van der Waals surface area contributed by atoms with Crippen molar-refractivity contribution in [2.45, 2.75) is 18.1 Å². The van der Waals surface area contributed by atoms with Gasteiger partial charge in [-0.3, -0.25) is 0 Å². The van der Waals surface area contributed by atoms with Crippen LogP contribution in [0.2, 0.25) is 0 Å². The highest BCUT2D eigenvalue weighted by Gasteiger charge is 2.45. The van der Waals surface area contributed by atoms with Crippen molar-refractivity contribution in [1.29, 1.82) is 0 Å². The molecule has 1 aliphatic carbocycles. The molecule has 3 rings (SSSR count). The van der Waals surface area contributed by atoms with Crippen LogP contribution in [0, 0.1) is 0 Å². The van der Waals surface area contributed by atoms with Gasteiger partial charge in [-0.1, -0.05) is 54.6 Å². The van der Waals surface area contributed by atoms with E-state index in [4.69, 9.17) is 0 Å². The summed E-state index contributed by atoms with van der Waals surface area (Å²) in [4.78, 5) is 0. The van der Waals surface area contributed by atoms with Gasteiger partial charge < -0.3 is 10.4 Å². The molecule has 0 unspecified atom stereocenters. The van der Waals surface area contributed by atoms with Crippen molar-refractivity contribution in [1.82, 2.24) is 5.32 Å². The molecule has 2 atom stereocenters. The van der Waals surface area contributed by atoms with Crippen LogP contribution in [0.25, 0.3) is 0 Å². The minimum absolute atomic E-state index is 0.0253. The zero-order chi connectivity index (χ0) is 12.6. The molecule has 92 valence electrons. The fourth-order valence-corrected chi connectivity index (χ4v) is 2.99. The Morgan fingerprint density at radius 2 is 1.72 bits per heavy atom. The Hall–Kier alpha value is -1.64. The number of hydrogen-bond acceptors (Lipinski definition) is 2. The Morgan fingerprint density at radius 1 is 1.06 bits per heavy atom. The van der Waals surface area contributed by atoms with Crippen molar-refractivity contribution in [3.05, 3.63) is 71.3 Å². The molecule has 0 fully saturated rings. The van der Waals surface area contributed by atoms with Gasteiger partial charge in [0.15, 0.2) is 0 Å². The molecule has 0 aliphatic heterocycles. The van der Waals surface area contributed by atoms with E-state index in [2.05, 4.69) is 11.4 Å². The molecular weight excluding hydrogens is 222 g/mol. The van der Waals surface area contributed by atoms with Crippen LogP contribution in [0.15, 0.2) is 54.6 Å². The standard InChI is InChI=1S/C16H17NO/c1-17-15-11-12-7-5-6-10-14(12)16(15,18)13-8-3-2-4-9-13/h2-10,15,17-18H,11H2,1H3/t15-,16+/m0/s1. The average Bonchev–Trinajstić information content (AvgIpc) is 2.74. The summed E-state index contributed by atoms with van der Waals surface area (Å²) >= 11 is 0. The van der Waals surface area contributed by atoms with Gasteiger partial charge >= 0.3 is 0 Å². The van der Waals surface area contributed by atoms with E-state index in [1.54, 1.807) is 0 Å². The first-order valence-electron chi connectivity index (χ1n) is 6.30. The second-order valence-corrected chi connectivity index (χ2v) is 4.83. The Bertz CT molecular complexity index is 552. The van der Waals surface area contributed by atoms with E-state index in [1.165, 1.54) is 5.56 Å². The molecule has 1 aliphatic rings. The third-order valence-corrected chi connectivity index (χ3v) is 3.92. The van der Waals surface area contributed by atoms with Crippen LogP contribution < -0.4 is 5.32 Å². The third kappa shape index (κ3) is 1.50. The molecule has 2 heteroatoms. The van der Waals surface area contributed by atoms with Crippen LogP contribution in [0.1, 0.15) is 16.7 Å². The first-order chi connectivity index (χ1) is 8.76. The van der Waals surface area contributed by atoms with Crippen LogP contribution in [0.4, 0.5) is 0 Å². The van der Waals surface area contributed by atoms with Crippen LogP contribution in [-0.4, -0.2) is 18.2 Å². The van der Waals surface area contributed by atoms with E-state index in [9.17, 15) is 5.11 Å². The van der Waals surface area contributed by atoms with E-state index >= 15 is 0 Å². The van der Waals surface area contributed by atoms with Gasteiger partial charge in [-0.25, -0.2) is 0 Å². The van der Waals surface area contributed by atoms with Gasteiger partial charge in [-0.15, -0.1) is 0 Å². The Morgan fingerprint density at radius 3 is 2.44 bits per heavy atom. The third-order valence-electron chi connectivity index (χ3n) is 3.92. The van der Waals surface area contributed by atoms with Gasteiger partial charge in [0.25, 0.3) is 0 Å². The van der Waals surface area contributed by atoms with Gasteiger partial charge in [0.1, 0.15) is 5.60 Å². The number of aliphatic hydroxyl groups is 1. The Balaban J connectivity index is 2.19. The topological polar surface area (TPSA) is 32.3 Å². The molecule has 2 N–H and O–H groups in total. The smallest absolute Gasteiger partial charge is 0.130 e. The summed E-state index contributed by atoms with van der Waals surface area (Å²) in [5.41, 5.74) is 2.28. The van der Waals surface area contributed by atoms with Crippen molar-refractivity contribution in [2.75, 3.05) is 7.05 Å². The van der Waals surface area contributed by atoms with Crippen LogP contribution >= 0.6 is 0 Å². The summed E-state index contributed by atoms with van der Waals surface area (Å²) in [6.45, 7) is 0. The number of nitrogens with one attached hydrogen (secondary N) is 1. The molecule has 0 spiro atoms. The summed E-state index contributed by atoms with van der Waals surface area (Å²) in [6, 6.07) is 18.1. The predicted octanol–water partition coefficient (Wildman–Crippen LogP) is 2.07. The molecule has 18 heavy (non-hydrogen) atoms. The van der Waals surface area contributed by atoms with E-state index in [-0.39, 0.29) is 6.04 Å². The van der Waals surface area contributed by atoms with Crippen molar-refractivity contribution in [3.8, 4) is 0 Å². The molecular formula is C16H17NO. The highest BCUT2D eigenvalue weighted by atomic mass is 16.3. The van der Waals surface area contributed by atoms with E-state index in [0.29, 0.717) is 0 Å². The van der Waals surface area contributed by atoms with E-state index in [0.717, 1.165) is 17.5 Å². The van der Waals surface area contributed by atoms with Crippen molar-refractivity contribution >= 4 is 0 Å². The first kappa shape index (κ1) is 11.5. The molecule has 2 aromatic rings. The summed E-state index contributed by atoms with van der Waals surface area (Å²) in [6.07, 6.45) is 0.859. The zero-order valence-electron chi connectivity index (χ0n) is 10.4. The second-order valence-electron chi connectivity index (χ2n) is 4.83. The lowest BCUT2D eigenvalue weighted by Gasteiger charge is -2.31. The van der Waals surface area contributed by atoms with Gasteiger partial charge in [-0.05, 0) is 30.2 Å². The summed E-state index contributed by atoms with van der Waals surface area (Å²) in [5, 5.41) is 14.5. The lowest BCUT2D eigenvalue weighted by atomic mass is 9.85. The Labute approximate surface area is 107 Å². The lowest BCUT2D eigenvalue weighted by Crippen LogP contribution is -2.45. The van der Waals surface area contributed by atoms with Crippen molar-refractivity contribution in [2.24, 2.45) is 0 Å². The van der Waals surface area contributed by atoms with Crippen LogP contribution in [0.3, 0.4) is 0 Å². The fourth-order valence-electron chi connectivity index (χ4n) is 2.99. The number of likely N-dealkylation sites (N-methyl/N-ethyl adjacent to an activating group) is 1. The van der Waals surface area contributed by atoms with Crippen LogP contribution in [0.5, 0.6) is 0 Å². The normalized spacial score (nSPS) is 26.0. The number of benzene rings is 2. The quantitative estimate of drug-likeness (QED) is 0.841. The minimum atomic E-state index is -0.924. The molecule has 0 saturated heterocycles. The molecule has 0 radical (unpaired) electrons. The van der Waals surface area contributed by atoms with Gasteiger partial charge in [-0.2, -0.15) is 0 Å². The molecule has 0 amide bonds. The average molecular weight is 239 g/mol. The number of hydrogen-bond donors (Lipinski definition) is 2. The summed E-state index contributed by atoms with van der Waals surface area (Å²) in [5.74, 6) is 0. The maximum atomic E-state index is 11.2. The first-order valence-corrected chi connectivity index (χ1v) is 6.30. The minimum Gasteiger partial charge on any atom is -0.379 e. The zero-order valence-corrected chi connectivity index (χ0v) is 10.4. The predicted molar refractivity (Wildman–Crippen MR) is 72.4 cm³/mol. The van der Waals surface area contributed by atoms with Gasteiger partial charge in [0, 0.05) is 6.04 Å². The number of rotatable bonds is 2. The maximum absolute atomic E-state index is 11.2. The molecule has 2 aromatic carbocycles. The summed E-state index contributed by atoms with van der Waals surface area (Å²) < 4.78 is 0. The van der Waals surface area contributed by atoms with Gasteiger partial charge in [0.05, 0.1) is 0 Å². The van der Waals surface area contributed by atoms with Crippen molar-refractivity contribution in [3.63, 3.8) is 0 Å². The lowest BCUT2D eigenvalue weighted by molar-refractivity contribution is 0.0529. The summed E-state index contributed by atoms with van der Waals surface area (Å²) in [7, 11) is 1.91. The highest BCUT2D eigenvalue weighted by Crippen LogP contribution is 2.41. The molecule has 2 nitrogen and oxygen atoms in total. The monoisotopic (exact) mass is 239 g/mol. The van der Waals surface area contributed by atoms with Crippen molar-refractivity contribution < 1.29 is 5.11 Å². The Kier molecular flexibility index (Phi) is 2.69. The van der Waals surface area contributed by atoms with Crippen LogP contribution in [-0.2, 0) is 12.0 Å². The molecule has 0 saturated carbocycles. The highest BCUT2D eigenvalue weighted by molar-refractivity contribution is 5.47. The van der Waals surface area contributed by atoms with E-state index in [1.807, 2.05) is 55.6 Å². The number of fused-ring (bicyclic) bond motifs is 1. The molecule has 0 bridgehead atoms. The molecule has 0 aromatic heterocycles. The van der Waals surface area contributed by atoms with Gasteiger partial charge in [0.2, 0.25) is 0 Å². The van der Waals surface area contributed by atoms with E-state index < -0.39 is 5.60 Å². The maximum Gasteiger partial charge on any atom is 0.130 e. The SMILES string of the molecule is CN[C@H]1Cc2ccccc2[C@]1(O)c1ccccc1. The fraction of sp³-hybridized carbons (Fsp3) is 0.250. The second kappa shape index (κ2) is 4.23. The molecule has 0 heterocycles.